The van der Waals surface area contributed by atoms with Crippen LogP contribution < -0.4 is 11.1 Å². The third-order valence-electron chi connectivity index (χ3n) is 9.78. The number of nitrogens with one attached hydrogen (secondary N) is 1. The van der Waals surface area contributed by atoms with E-state index in [9.17, 15) is 0 Å². The highest BCUT2D eigenvalue weighted by Crippen LogP contribution is 2.35. The summed E-state index contributed by atoms with van der Waals surface area (Å²) in [6.07, 6.45) is 0. The average Bonchev–Trinajstić information content (AvgIpc) is 4.02. The fraction of sp³-hybridized carbons (Fsp3) is 0.0400. The molecule has 8 aromatic carbocycles. The molecular formula is C50H37BrN2O4. The van der Waals surface area contributed by atoms with E-state index < -0.39 is 0 Å². The fourth-order valence-electron chi connectivity index (χ4n) is 7.22. The van der Waals surface area contributed by atoms with Crippen molar-refractivity contribution >= 4 is 121 Å². The predicted octanol–water partition coefficient (Wildman–Crippen LogP) is 15.8. The van der Waals surface area contributed by atoms with Crippen molar-refractivity contribution in [2.24, 2.45) is 0 Å². The minimum atomic E-state index is 0.768. The Morgan fingerprint density at radius 2 is 0.667 bits per heavy atom. The zero-order valence-electron chi connectivity index (χ0n) is 31.3. The second-order valence-corrected chi connectivity index (χ2v) is 14.3. The van der Waals surface area contributed by atoms with Crippen LogP contribution in [-0.2, 0) is 0 Å². The van der Waals surface area contributed by atoms with Crippen molar-refractivity contribution in [1.82, 2.24) is 0 Å². The molecule has 57 heavy (non-hydrogen) atoms. The van der Waals surface area contributed by atoms with E-state index in [4.69, 9.17) is 23.4 Å². The standard InChI is InChI=1S/C24H15NO2.C12H7BrO.C12H9NO.C2H6/c1-3-7-21-17(5-1)19-13-15(9-11-23(19)26-21)25-16-10-12-24-20(14-16)18-6-2-4-8-22(18)27-24;2*13-8-5-6-12-10(7-8)9-3-1-2-4-11(9)14-12;1-2/h1-14,25H;1-7H;1-7H,13H2;1-2H3. The van der Waals surface area contributed by atoms with Crippen molar-refractivity contribution in [3.05, 3.63) is 174 Å². The maximum absolute atomic E-state index is 5.91. The maximum Gasteiger partial charge on any atom is 0.135 e. The molecule has 3 N–H and O–H groups in total. The number of nitrogens with two attached hydrogens (primary N) is 1. The van der Waals surface area contributed by atoms with Crippen molar-refractivity contribution in [3.63, 3.8) is 0 Å². The molecule has 0 bridgehead atoms. The first kappa shape index (κ1) is 35.7. The fourth-order valence-corrected chi connectivity index (χ4v) is 7.58. The molecule has 0 fully saturated rings. The Hall–Kier alpha value is -6.96. The molecule has 0 aliphatic rings. The summed E-state index contributed by atoms with van der Waals surface area (Å²) in [5, 5.41) is 12.5. The Labute approximate surface area is 336 Å². The van der Waals surface area contributed by atoms with Gasteiger partial charge in [0.15, 0.2) is 0 Å². The lowest BCUT2D eigenvalue weighted by molar-refractivity contribution is 0.668. The molecule has 4 aromatic heterocycles. The summed E-state index contributed by atoms with van der Waals surface area (Å²) in [6.45, 7) is 4.00. The molecule has 0 aliphatic heterocycles. The molecule has 12 rings (SSSR count). The van der Waals surface area contributed by atoms with Gasteiger partial charge in [0.05, 0.1) is 0 Å². The van der Waals surface area contributed by atoms with E-state index in [-0.39, 0.29) is 0 Å². The number of anilines is 3. The minimum absolute atomic E-state index is 0.768. The van der Waals surface area contributed by atoms with Crippen molar-refractivity contribution < 1.29 is 17.7 Å². The van der Waals surface area contributed by atoms with Crippen LogP contribution >= 0.6 is 15.9 Å². The smallest absolute Gasteiger partial charge is 0.135 e. The number of nitrogen functional groups attached to an aromatic ring is 1. The Bertz CT molecular complexity index is 3130. The zero-order chi connectivity index (χ0) is 38.9. The number of fused-ring (bicyclic) bond motifs is 12. The number of rotatable bonds is 2. The topological polar surface area (TPSA) is 90.6 Å². The maximum atomic E-state index is 5.91. The van der Waals surface area contributed by atoms with E-state index >= 15 is 0 Å². The molecule has 0 radical (unpaired) electrons. The quantitative estimate of drug-likeness (QED) is 0.169. The van der Waals surface area contributed by atoms with Gasteiger partial charge in [-0.3, -0.25) is 0 Å². The Morgan fingerprint density at radius 1 is 0.351 bits per heavy atom. The molecule has 278 valence electrons. The summed E-state index contributed by atoms with van der Waals surface area (Å²) >= 11 is 3.46. The van der Waals surface area contributed by atoms with E-state index in [0.29, 0.717) is 0 Å². The third-order valence-corrected chi connectivity index (χ3v) is 10.3. The molecule has 0 saturated heterocycles. The SMILES string of the molecule is Brc1ccc2oc3ccccc3c2c1.CC.Nc1ccc2oc3ccccc3c2c1.c1ccc2c(c1)oc1ccc(Nc3ccc4oc5ccccc5c4c3)cc12. The van der Waals surface area contributed by atoms with Gasteiger partial charge in [-0.2, -0.15) is 0 Å². The third kappa shape index (κ3) is 6.94. The molecular weight excluding hydrogens is 772 g/mol. The molecule has 0 atom stereocenters. The Balaban J connectivity index is 0.000000119. The van der Waals surface area contributed by atoms with Gasteiger partial charge in [-0.1, -0.05) is 103 Å². The van der Waals surface area contributed by atoms with Crippen molar-refractivity contribution in [2.45, 2.75) is 13.8 Å². The van der Waals surface area contributed by atoms with Gasteiger partial charge in [0.1, 0.15) is 44.7 Å². The van der Waals surface area contributed by atoms with Crippen LogP contribution in [0.3, 0.4) is 0 Å². The zero-order valence-corrected chi connectivity index (χ0v) is 32.8. The molecule has 0 saturated carbocycles. The van der Waals surface area contributed by atoms with E-state index in [1.165, 1.54) is 5.39 Å². The van der Waals surface area contributed by atoms with Crippen LogP contribution in [0.15, 0.2) is 192 Å². The van der Waals surface area contributed by atoms with Gasteiger partial charge in [0.2, 0.25) is 0 Å². The van der Waals surface area contributed by atoms with E-state index in [2.05, 4.69) is 57.6 Å². The molecule has 6 nitrogen and oxygen atoms in total. The second-order valence-electron chi connectivity index (χ2n) is 13.3. The summed E-state index contributed by atoms with van der Waals surface area (Å²) in [6, 6.07) is 56.5. The van der Waals surface area contributed by atoms with Crippen LogP contribution in [0.1, 0.15) is 13.8 Å². The minimum Gasteiger partial charge on any atom is -0.456 e. The largest absolute Gasteiger partial charge is 0.456 e. The lowest BCUT2D eigenvalue weighted by Gasteiger charge is -2.06. The van der Waals surface area contributed by atoms with Crippen LogP contribution in [0, 0.1) is 0 Å². The number of halogens is 1. The second kappa shape index (κ2) is 15.3. The summed E-state index contributed by atoms with van der Waals surface area (Å²) in [7, 11) is 0. The molecule has 12 aromatic rings. The van der Waals surface area contributed by atoms with E-state index in [1.54, 1.807) is 0 Å². The van der Waals surface area contributed by atoms with Gasteiger partial charge in [-0.25, -0.2) is 0 Å². The van der Waals surface area contributed by atoms with Crippen LogP contribution in [0.2, 0.25) is 0 Å². The molecule has 7 heteroatoms. The van der Waals surface area contributed by atoms with Gasteiger partial charge in [-0.05, 0) is 97.1 Å². The predicted molar refractivity (Wildman–Crippen MR) is 242 cm³/mol. The lowest BCUT2D eigenvalue weighted by atomic mass is 10.1. The van der Waals surface area contributed by atoms with Gasteiger partial charge in [-0.15, -0.1) is 0 Å². The Kier molecular flexibility index (Phi) is 9.58. The monoisotopic (exact) mass is 808 g/mol. The van der Waals surface area contributed by atoms with Crippen molar-refractivity contribution in [2.75, 3.05) is 11.1 Å². The average molecular weight is 810 g/mol. The summed E-state index contributed by atoms with van der Waals surface area (Å²) in [5.41, 5.74) is 15.9. The molecule has 4 heterocycles. The molecule has 0 amide bonds. The lowest BCUT2D eigenvalue weighted by Crippen LogP contribution is -1.89. The highest BCUT2D eigenvalue weighted by Gasteiger charge is 2.10. The molecule has 0 aliphatic carbocycles. The van der Waals surface area contributed by atoms with Crippen molar-refractivity contribution in [1.29, 1.82) is 0 Å². The van der Waals surface area contributed by atoms with Crippen LogP contribution in [0.5, 0.6) is 0 Å². The van der Waals surface area contributed by atoms with Crippen LogP contribution in [0.4, 0.5) is 17.1 Å². The summed E-state index contributed by atoms with van der Waals surface area (Å²) in [5.74, 6) is 0. The normalized spacial score (nSPS) is 11.1. The first-order valence-electron chi connectivity index (χ1n) is 18.9. The first-order valence-corrected chi connectivity index (χ1v) is 19.7. The number of para-hydroxylation sites is 4. The first-order chi connectivity index (χ1) is 28.0. The summed E-state index contributed by atoms with van der Waals surface area (Å²) in [4.78, 5) is 0. The van der Waals surface area contributed by atoms with E-state index in [0.717, 1.165) is 104 Å². The number of hydrogen-bond acceptors (Lipinski definition) is 6. The van der Waals surface area contributed by atoms with E-state index in [1.807, 2.05) is 147 Å². The van der Waals surface area contributed by atoms with Gasteiger partial charge in [0, 0.05) is 64.6 Å². The molecule has 0 unspecified atom stereocenters. The van der Waals surface area contributed by atoms with Gasteiger partial charge in [0.25, 0.3) is 0 Å². The summed E-state index contributed by atoms with van der Waals surface area (Å²) < 4.78 is 24.2. The number of furan rings is 4. The van der Waals surface area contributed by atoms with Crippen LogP contribution in [0.25, 0.3) is 87.8 Å². The highest BCUT2D eigenvalue weighted by atomic mass is 79.9. The van der Waals surface area contributed by atoms with Gasteiger partial charge >= 0.3 is 0 Å². The Morgan fingerprint density at radius 3 is 1.09 bits per heavy atom. The number of hydrogen-bond donors (Lipinski definition) is 2. The highest BCUT2D eigenvalue weighted by molar-refractivity contribution is 9.10. The van der Waals surface area contributed by atoms with Crippen molar-refractivity contribution in [3.8, 4) is 0 Å². The number of benzene rings is 8. The van der Waals surface area contributed by atoms with Gasteiger partial charge < -0.3 is 28.7 Å². The molecule has 0 spiro atoms. The van der Waals surface area contributed by atoms with Crippen LogP contribution in [-0.4, -0.2) is 0 Å².